The number of amides is 3. The first-order valence-corrected chi connectivity index (χ1v) is 9.45. The Hall–Kier alpha value is -3.03. The van der Waals surface area contributed by atoms with Gasteiger partial charge in [0.15, 0.2) is 0 Å². The van der Waals surface area contributed by atoms with Crippen molar-refractivity contribution in [3.8, 4) is 0 Å². The molecule has 2 aromatic rings. The summed E-state index contributed by atoms with van der Waals surface area (Å²) < 4.78 is 4.61. The molecule has 0 aliphatic carbocycles. The first kappa shape index (κ1) is 19.7. The van der Waals surface area contributed by atoms with Gasteiger partial charge in [0.1, 0.15) is 6.04 Å². The van der Waals surface area contributed by atoms with Crippen LogP contribution in [0.4, 0.5) is 4.79 Å². The van der Waals surface area contributed by atoms with Crippen LogP contribution in [0.1, 0.15) is 18.9 Å². The number of esters is 1. The quantitative estimate of drug-likeness (QED) is 0.762. The van der Waals surface area contributed by atoms with Crippen LogP contribution in [0, 0.1) is 0 Å². The molecule has 150 valence electrons. The van der Waals surface area contributed by atoms with Crippen LogP contribution >= 0.6 is 0 Å². The molecule has 1 atom stereocenters. The van der Waals surface area contributed by atoms with Crippen LogP contribution < -0.4 is 5.32 Å². The molecule has 1 unspecified atom stereocenters. The number of hydrogen-bond donors (Lipinski definition) is 2. The molecule has 1 aliphatic heterocycles. The van der Waals surface area contributed by atoms with E-state index in [4.69, 9.17) is 0 Å². The van der Waals surface area contributed by atoms with E-state index in [2.05, 4.69) is 21.1 Å². The molecular formula is C20H26N4O4. The summed E-state index contributed by atoms with van der Waals surface area (Å²) >= 11 is 0. The molecule has 3 rings (SSSR count). The number of aromatic amines is 1. The van der Waals surface area contributed by atoms with Crippen LogP contribution in [-0.2, 0) is 20.7 Å². The number of benzene rings is 1. The molecule has 0 saturated carbocycles. The molecule has 3 amide bonds. The van der Waals surface area contributed by atoms with Gasteiger partial charge < -0.3 is 24.8 Å². The van der Waals surface area contributed by atoms with Gasteiger partial charge in [-0.3, -0.25) is 4.79 Å². The second-order valence-corrected chi connectivity index (χ2v) is 6.92. The second-order valence-electron chi connectivity index (χ2n) is 6.92. The van der Waals surface area contributed by atoms with E-state index in [0.717, 1.165) is 16.5 Å². The molecule has 1 fully saturated rings. The summed E-state index contributed by atoms with van der Waals surface area (Å²) in [5.74, 6) is -0.396. The highest BCUT2D eigenvalue weighted by Crippen LogP contribution is 2.19. The minimum absolute atomic E-state index is 0.0910. The van der Waals surface area contributed by atoms with Crippen molar-refractivity contribution in [2.45, 2.75) is 25.8 Å². The third-order valence-corrected chi connectivity index (χ3v) is 5.10. The molecule has 2 heterocycles. The molecule has 28 heavy (non-hydrogen) atoms. The maximum Gasteiger partial charge on any atom is 0.328 e. The van der Waals surface area contributed by atoms with Crippen LogP contribution in [0.25, 0.3) is 10.9 Å². The van der Waals surface area contributed by atoms with Gasteiger partial charge in [0.2, 0.25) is 5.91 Å². The molecule has 1 aliphatic rings. The lowest BCUT2D eigenvalue weighted by Crippen LogP contribution is -2.55. The molecule has 1 saturated heterocycles. The molecule has 8 heteroatoms. The largest absolute Gasteiger partial charge is 0.467 e. The van der Waals surface area contributed by atoms with Gasteiger partial charge in [-0.1, -0.05) is 18.2 Å². The SMILES string of the molecule is COC(=O)C(C)NC(=O)N1CCN(C(=O)CCc2c[nH]c3ccccc23)CC1. The number of aromatic nitrogens is 1. The minimum Gasteiger partial charge on any atom is -0.467 e. The third-order valence-electron chi connectivity index (χ3n) is 5.10. The lowest BCUT2D eigenvalue weighted by Gasteiger charge is -2.35. The summed E-state index contributed by atoms with van der Waals surface area (Å²) in [6.07, 6.45) is 3.08. The number of nitrogens with zero attached hydrogens (tertiary/aromatic N) is 2. The first-order valence-electron chi connectivity index (χ1n) is 9.45. The average Bonchev–Trinajstić information content (AvgIpc) is 3.14. The monoisotopic (exact) mass is 386 g/mol. The fraction of sp³-hybridized carbons (Fsp3) is 0.450. The zero-order valence-electron chi connectivity index (χ0n) is 16.2. The van der Waals surface area contributed by atoms with E-state index in [0.29, 0.717) is 39.0 Å². The number of H-pyrrole nitrogens is 1. The van der Waals surface area contributed by atoms with Crippen molar-refractivity contribution in [1.82, 2.24) is 20.1 Å². The van der Waals surface area contributed by atoms with E-state index in [9.17, 15) is 14.4 Å². The number of methoxy groups -OCH3 is 1. The van der Waals surface area contributed by atoms with Crippen LogP contribution in [0.3, 0.4) is 0 Å². The number of nitrogens with one attached hydrogen (secondary N) is 2. The van der Waals surface area contributed by atoms with Gasteiger partial charge in [0.25, 0.3) is 0 Å². The van der Waals surface area contributed by atoms with E-state index < -0.39 is 12.0 Å². The lowest BCUT2D eigenvalue weighted by atomic mass is 10.1. The molecular weight excluding hydrogens is 360 g/mol. The topological polar surface area (TPSA) is 94.7 Å². The Morgan fingerprint density at radius 3 is 2.54 bits per heavy atom. The fourth-order valence-electron chi connectivity index (χ4n) is 3.41. The predicted octanol–water partition coefficient (Wildman–Crippen LogP) is 1.52. The number of rotatable bonds is 5. The van der Waals surface area contributed by atoms with Crippen LogP contribution in [-0.4, -0.2) is 72.0 Å². The van der Waals surface area contributed by atoms with Crippen molar-refractivity contribution in [3.63, 3.8) is 0 Å². The molecule has 1 aromatic heterocycles. The molecule has 0 spiro atoms. The Balaban J connectivity index is 1.46. The number of carbonyl (C=O) groups is 3. The maximum atomic E-state index is 12.5. The highest BCUT2D eigenvalue weighted by Gasteiger charge is 2.26. The Bertz CT molecular complexity index is 855. The molecule has 8 nitrogen and oxygen atoms in total. The van der Waals surface area contributed by atoms with E-state index >= 15 is 0 Å². The highest BCUT2D eigenvalue weighted by molar-refractivity contribution is 5.85. The van der Waals surface area contributed by atoms with Crippen LogP contribution in [0.2, 0.25) is 0 Å². The standard InChI is InChI=1S/C20H26N4O4/c1-14(19(26)28-2)22-20(27)24-11-9-23(10-12-24)18(25)8-7-15-13-21-17-6-4-3-5-16(15)17/h3-6,13-14,21H,7-12H2,1-2H3,(H,22,27). The van der Waals surface area contributed by atoms with Crippen molar-refractivity contribution >= 4 is 28.8 Å². The predicted molar refractivity (Wildman–Crippen MR) is 105 cm³/mol. The van der Waals surface area contributed by atoms with Crippen molar-refractivity contribution in [3.05, 3.63) is 36.0 Å². The number of piperazine rings is 1. The summed E-state index contributed by atoms with van der Waals surface area (Å²) in [5, 5.41) is 3.76. The van der Waals surface area contributed by atoms with E-state index in [1.165, 1.54) is 7.11 Å². The van der Waals surface area contributed by atoms with Crippen molar-refractivity contribution in [2.75, 3.05) is 33.3 Å². The number of aryl methyl sites for hydroxylation is 1. The molecule has 0 bridgehead atoms. The number of fused-ring (bicyclic) bond motifs is 1. The van der Waals surface area contributed by atoms with E-state index in [1.54, 1.807) is 16.7 Å². The minimum atomic E-state index is -0.701. The van der Waals surface area contributed by atoms with Gasteiger partial charge in [-0.2, -0.15) is 0 Å². The number of urea groups is 1. The molecule has 0 radical (unpaired) electrons. The lowest BCUT2D eigenvalue weighted by molar-refractivity contribution is -0.142. The van der Waals surface area contributed by atoms with Gasteiger partial charge in [0, 0.05) is 49.7 Å². The number of para-hydroxylation sites is 1. The van der Waals surface area contributed by atoms with E-state index in [-0.39, 0.29) is 11.9 Å². The fourth-order valence-corrected chi connectivity index (χ4v) is 3.41. The third kappa shape index (κ3) is 4.44. The van der Waals surface area contributed by atoms with Gasteiger partial charge >= 0.3 is 12.0 Å². The maximum absolute atomic E-state index is 12.5. The Morgan fingerprint density at radius 2 is 1.82 bits per heavy atom. The second kappa shape index (κ2) is 8.77. The highest BCUT2D eigenvalue weighted by atomic mass is 16.5. The zero-order valence-corrected chi connectivity index (χ0v) is 16.2. The Kier molecular flexibility index (Phi) is 6.18. The molecule has 1 aromatic carbocycles. The first-order chi connectivity index (χ1) is 13.5. The summed E-state index contributed by atoms with van der Waals surface area (Å²) in [7, 11) is 1.28. The summed E-state index contributed by atoms with van der Waals surface area (Å²) in [6, 6.07) is 7.03. The van der Waals surface area contributed by atoms with E-state index in [1.807, 2.05) is 24.4 Å². The van der Waals surface area contributed by atoms with Crippen molar-refractivity contribution < 1.29 is 19.1 Å². The van der Waals surface area contributed by atoms with Gasteiger partial charge in [-0.25, -0.2) is 9.59 Å². The van der Waals surface area contributed by atoms with Crippen molar-refractivity contribution in [1.29, 1.82) is 0 Å². The van der Waals surface area contributed by atoms with Gasteiger partial charge in [-0.05, 0) is 25.0 Å². The Morgan fingerprint density at radius 1 is 1.14 bits per heavy atom. The van der Waals surface area contributed by atoms with Gasteiger partial charge in [-0.15, -0.1) is 0 Å². The molecule has 2 N–H and O–H groups in total. The number of carbonyl (C=O) groups excluding carboxylic acids is 3. The van der Waals surface area contributed by atoms with Crippen LogP contribution in [0.5, 0.6) is 0 Å². The van der Waals surface area contributed by atoms with Gasteiger partial charge in [0.05, 0.1) is 7.11 Å². The smallest absolute Gasteiger partial charge is 0.328 e. The summed E-state index contributed by atoms with van der Waals surface area (Å²) in [6.45, 7) is 3.45. The summed E-state index contributed by atoms with van der Waals surface area (Å²) in [5.41, 5.74) is 2.21. The Labute approximate surface area is 163 Å². The van der Waals surface area contributed by atoms with Crippen LogP contribution in [0.15, 0.2) is 30.5 Å². The number of hydrogen-bond acceptors (Lipinski definition) is 4. The average molecular weight is 386 g/mol. The zero-order chi connectivity index (χ0) is 20.1. The summed E-state index contributed by atoms with van der Waals surface area (Å²) in [4.78, 5) is 42.8. The van der Waals surface area contributed by atoms with Crippen molar-refractivity contribution in [2.24, 2.45) is 0 Å². The normalized spacial score (nSPS) is 15.4. The number of ether oxygens (including phenoxy) is 1.